The average Bonchev–Trinajstić information content (AvgIpc) is 3.24. The van der Waals surface area contributed by atoms with Crippen LogP contribution in [0.3, 0.4) is 0 Å². The highest BCUT2D eigenvalue weighted by Gasteiger charge is 2.21. The first kappa shape index (κ1) is 32.2. The number of nitrogens with zero attached hydrogens (tertiary/aromatic N) is 4. The van der Waals surface area contributed by atoms with Crippen LogP contribution in [0.15, 0.2) is 41.2 Å². The van der Waals surface area contributed by atoms with Crippen LogP contribution in [-0.2, 0) is 22.9 Å². The van der Waals surface area contributed by atoms with Crippen molar-refractivity contribution in [2.45, 2.75) is 78.7 Å². The molecule has 0 saturated carbocycles. The summed E-state index contributed by atoms with van der Waals surface area (Å²) in [6.45, 7) is 19.0. The summed E-state index contributed by atoms with van der Waals surface area (Å²) in [5.74, 6) is 0.730. The van der Waals surface area contributed by atoms with Crippen molar-refractivity contribution in [1.29, 1.82) is 0 Å². The number of phenolic OH excluding ortho intramolecular Hbond substituents is 1. The van der Waals surface area contributed by atoms with Gasteiger partial charge in [0.05, 0.1) is 22.3 Å². The molecular weight excluding hydrogens is 584 g/mol. The van der Waals surface area contributed by atoms with E-state index in [0.29, 0.717) is 35.3 Å². The zero-order valence-electron chi connectivity index (χ0n) is 26.0. The maximum atomic E-state index is 14.0. The SMILES string of the molecule is Cc1cc(-c2cc(-c3nc4ccc(Cl)cc4n3COCC[Si](C)(C)C)c(=O)n(COCC[Si](C)(C)C)n2)cc(C)c1O. The van der Waals surface area contributed by atoms with Crippen LogP contribution in [0.1, 0.15) is 11.1 Å². The van der Waals surface area contributed by atoms with Crippen molar-refractivity contribution >= 4 is 38.8 Å². The highest BCUT2D eigenvalue weighted by atomic mass is 35.5. The second-order valence-electron chi connectivity index (χ2n) is 13.4. The van der Waals surface area contributed by atoms with Crippen molar-refractivity contribution in [2.75, 3.05) is 13.2 Å². The Morgan fingerprint density at radius 2 is 1.48 bits per heavy atom. The van der Waals surface area contributed by atoms with E-state index in [1.165, 1.54) is 4.68 Å². The fourth-order valence-electron chi connectivity index (χ4n) is 4.53. The summed E-state index contributed by atoms with van der Waals surface area (Å²) in [6.07, 6.45) is 0. The number of hydrogen-bond acceptors (Lipinski definition) is 6. The minimum absolute atomic E-state index is 0.0268. The van der Waals surface area contributed by atoms with E-state index in [2.05, 4.69) is 39.3 Å². The van der Waals surface area contributed by atoms with E-state index in [4.69, 9.17) is 31.2 Å². The molecule has 0 spiro atoms. The Hall–Kier alpha value is -2.77. The molecule has 0 aliphatic rings. The van der Waals surface area contributed by atoms with Crippen molar-refractivity contribution in [3.63, 3.8) is 0 Å². The molecule has 2 heterocycles. The minimum Gasteiger partial charge on any atom is -0.507 e. The van der Waals surface area contributed by atoms with Crippen LogP contribution in [0.25, 0.3) is 33.7 Å². The molecule has 11 heteroatoms. The van der Waals surface area contributed by atoms with Gasteiger partial charge in [-0.15, -0.1) is 0 Å². The standard InChI is InChI=1S/C31H43ClN4O4Si2/c1-21-15-23(16-22(2)29(21)37)27-18-25(31(38)36(34-27)20-40-12-14-42(6,7)8)30-33-26-10-9-24(32)17-28(26)35(30)19-39-11-13-41(3,4)5/h9-10,15-18,37H,11-14,19-20H2,1-8H3. The molecule has 0 aliphatic heterocycles. The Morgan fingerprint density at radius 3 is 2.07 bits per heavy atom. The minimum atomic E-state index is -1.31. The van der Waals surface area contributed by atoms with Gasteiger partial charge in [0.2, 0.25) is 0 Å². The molecule has 0 radical (unpaired) electrons. The number of hydrogen-bond donors (Lipinski definition) is 1. The molecule has 4 aromatic rings. The van der Waals surface area contributed by atoms with E-state index in [-0.39, 0.29) is 24.8 Å². The van der Waals surface area contributed by atoms with Crippen LogP contribution < -0.4 is 5.56 Å². The van der Waals surface area contributed by atoms with Gasteiger partial charge in [-0.1, -0.05) is 50.9 Å². The number of aromatic nitrogens is 4. The Labute approximate surface area is 255 Å². The summed E-state index contributed by atoms with van der Waals surface area (Å²) in [5, 5.41) is 15.7. The molecule has 1 N–H and O–H groups in total. The Morgan fingerprint density at radius 1 is 0.881 bits per heavy atom. The van der Waals surface area contributed by atoms with Crippen molar-refractivity contribution < 1.29 is 14.6 Å². The Balaban J connectivity index is 1.84. The molecular formula is C31H43ClN4O4Si2. The normalized spacial score (nSPS) is 12.4. The predicted molar refractivity (Wildman–Crippen MR) is 177 cm³/mol. The van der Waals surface area contributed by atoms with Gasteiger partial charge in [0.1, 0.15) is 25.0 Å². The molecule has 0 saturated heterocycles. The molecule has 0 atom stereocenters. The topological polar surface area (TPSA) is 91.4 Å². The highest BCUT2D eigenvalue weighted by molar-refractivity contribution is 6.76. The van der Waals surface area contributed by atoms with Crippen LogP contribution in [0.5, 0.6) is 5.75 Å². The molecule has 42 heavy (non-hydrogen) atoms. The summed E-state index contributed by atoms with van der Waals surface area (Å²) in [7, 11) is -2.59. The first-order valence-electron chi connectivity index (χ1n) is 14.4. The second kappa shape index (κ2) is 12.8. The summed E-state index contributed by atoms with van der Waals surface area (Å²) in [4.78, 5) is 18.8. The summed E-state index contributed by atoms with van der Waals surface area (Å²) in [5.41, 5.74) is 4.43. The van der Waals surface area contributed by atoms with E-state index in [1.807, 2.05) is 42.7 Å². The second-order valence-corrected chi connectivity index (χ2v) is 25.1. The van der Waals surface area contributed by atoms with Gasteiger partial charge in [-0.25, -0.2) is 9.67 Å². The molecule has 0 bridgehead atoms. The van der Waals surface area contributed by atoms with Crippen LogP contribution in [0.4, 0.5) is 0 Å². The number of benzene rings is 2. The van der Waals surface area contributed by atoms with Gasteiger partial charge in [-0.05, 0) is 73.5 Å². The zero-order chi connectivity index (χ0) is 30.8. The maximum Gasteiger partial charge on any atom is 0.280 e. The van der Waals surface area contributed by atoms with Crippen LogP contribution >= 0.6 is 11.6 Å². The van der Waals surface area contributed by atoms with E-state index in [1.54, 1.807) is 12.1 Å². The largest absolute Gasteiger partial charge is 0.507 e. The van der Waals surface area contributed by atoms with Gasteiger partial charge >= 0.3 is 0 Å². The Bertz CT molecular complexity index is 1610. The van der Waals surface area contributed by atoms with Crippen molar-refractivity contribution in [1.82, 2.24) is 19.3 Å². The van der Waals surface area contributed by atoms with E-state index in [0.717, 1.165) is 39.8 Å². The predicted octanol–water partition coefficient (Wildman–Crippen LogP) is 7.53. The quantitative estimate of drug-likeness (QED) is 0.129. The number of imidazole rings is 1. The lowest BCUT2D eigenvalue weighted by molar-refractivity contribution is 0.0753. The number of ether oxygens (including phenoxy) is 2. The number of aryl methyl sites for hydroxylation is 2. The number of phenols is 1. The lowest BCUT2D eigenvalue weighted by Crippen LogP contribution is -2.28. The molecule has 0 unspecified atom stereocenters. The number of aromatic hydroxyl groups is 1. The van der Waals surface area contributed by atoms with Crippen molar-refractivity contribution in [3.8, 4) is 28.4 Å². The number of halogens is 1. The van der Waals surface area contributed by atoms with Crippen LogP contribution in [0, 0.1) is 13.8 Å². The lowest BCUT2D eigenvalue weighted by atomic mass is 10.0. The fourth-order valence-corrected chi connectivity index (χ4v) is 6.21. The van der Waals surface area contributed by atoms with E-state index in [9.17, 15) is 9.90 Å². The van der Waals surface area contributed by atoms with Crippen LogP contribution in [-0.4, -0.2) is 53.8 Å². The maximum absolute atomic E-state index is 14.0. The van der Waals surface area contributed by atoms with Crippen molar-refractivity contribution in [2.24, 2.45) is 0 Å². The molecule has 2 aromatic carbocycles. The number of fused-ring (bicyclic) bond motifs is 1. The van der Waals surface area contributed by atoms with Gasteiger partial charge in [-0.2, -0.15) is 5.10 Å². The molecule has 0 fully saturated rings. The molecule has 8 nitrogen and oxygen atoms in total. The smallest absolute Gasteiger partial charge is 0.280 e. The van der Waals surface area contributed by atoms with Gasteiger partial charge in [0.25, 0.3) is 5.56 Å². The van der Waals surface area contributed by atoms with E-state index < -0.39 is 16.1 Å². The summed E-state index contributed by atoms with van der Waals surface area (Å²) < 4.78 is 15.4. The van der Waals surface area contributed by atoms with E-state index >= 15 is 0 Å². The third kappa shape index (κ3) is 7.99. The zero-order valence-corrected chi connectivity index (χ0v) is 28.8. The number of rotatable bonds is 12. The summed E-state index contributed by atoms with van der Waals surface area (Å²) in [6, 6.07) is 13.0. The molecule has 226 valence electrons. The third-order valence-corrected chi connectivity index (χ3v) is 10.8. The van der Waals surface area contributed by atoms with Crippen molar-refractivity contribution in [3.05, 3.63) is 62.9 Å². The molecule has 2 aromatic heterocycles. The molecule has 0 amide bonds. The molecule has 4 rings (SSSR count). The highest BCUT2D eigenvalue weighted by Crippen LogP contribution is 2.31. The third-order valence-electron chi connectivity index (χ3n) is 7.14. The fraction of sp³-hybridized carbons (Fsp3) is 0.452. The van der Waals surface area contributed by atoms with Gasteiger partial charge in [-0.3, -0.25) is 9.36 Å². The first-order valence-corrected chi connectivity index (χ1v) is 22.2. The summed E-state index contributed by atoms with van der Waals surface area (Å²) >= 11 is 6.39. The Kier molecular flexibility index (Phi) is 9.84. The lowest BCUT2D eigenvalue weighted by Gasteiger charge is -2.17. The van der Waals surface area contributed by atoms with Crippen LogP contribution in [0.2, 0.25) is 56.4 Å². The average molecular weight is 627 g/mol. The van der Waals surface area contributed by atoms with Gasteiger partial charge in [0, 0.05) is 39.9 Å². The monoisotopic (exact) mass is 626 g/mol. The molecule has 0 aliphatic carbocycles. The van der Waals surface area contributed by atoms with Gasteiger partial charge < -0.3 is 14.6 Å². The first-order chi connectivity index (χ1) is 19.6. The van der Waals surface area contributed by atoms with Gasteiger partial charge in [0.15, 0.2) is 0 Å².